The van der Waals surface area contributed by atoms with Crippen molar-refractivity contribution in [2.75, 3.05) is 0 Å². The molecule has 1 aliphatic heterocycles. The molecule has 0 spiro atoms. The molecule has 0 amide bonds. The van der Waals surface area contributed by atoms with Gasteiger partial charge < -0.3 is 10.1 Å². The summed E-state index contributed by atoms with van der Waals surface area (Å²) < 4.78 is 6.11. The third kappa shape index (κ3) is 2.79. The largest absolute Gasteiger partial charge is 0.487 e. The number of rotatable bonds is 5. The average molecular weight is 259 g/mol. The zero-order valence-electron chi connectivity index (χ0n) is 12.3. The fourth-order valence-electron chi connectivity index (χ4n) is 3.25. The summed E-state index contributed by atoms with van der Waals surface area (Å²) in [6, 6.07) is 7.30. The second kappa shape index (κ2) is 4.82. The lowest BCUT2D eigenvalue weighted by Crippen LogP contribution is -2.25. The van der Waals surface area contributed by atoms with Crippen molar-refractivity contribution in [1.29, 1.82) is 0 Å². The van der Waals surface area contributed by atoms with Gasteiger partial charge in [-0.05, 0) is 38.2 Å². The summed E-state index contributed by atoms with van der Waals surface area (Å²) in [5.74, 6) is 2.05. The average Bonchev–Trinajstić information content (AvgIpc) is 2.99. The highest BCUT2D eigenvalue weighted by atomic mass is 16.5. The normalized spacial score (nSPS) is 26.9. The molecular weight excluding hydrogens is 234 g/mol. The van der Waals surface area contributed by atoms with E-state index in [-0.39, 0.29) is 5.60 Å². The summed E-state index contributed by atoms with van der Waals surface area (Å²) in [6.07, 6.45) is 5.06. The van der Waals surface area contributed by atoms with E-state index in [9.17, 15) is 0 Å². The smallest absolute Gasteiger partial charge is 0.127 e. The van der Waals surface area contributed by atoms with E-state index in [0.717, 1.165) is 30.7 Å². The lowest BCUT2D eigenvalue weighted by Gasteiger charge is -2.18. The van der Waals surface area contributed by atoms with Gasteiger partial charge in [-0.1, -0.05) is 31.5 Å². The Kier molecular flexibility index (Phi) is 3.30. The molecule has 2 atom stereocenters. The molecule has 1 heterocycles. The van der Waals surface area contributed by atoms with E-state index in [2.05, 4.69) is 44.3 Å². The molecule has 2 unspecified atom stereocenters. The van der Waals surface area contributed by atoms with E-state index >= 15 is 0 Å². The highest BCUT2D eigenvalue weighted by molar-refractivity contribution is 5.45. The van der Waals surface area contributed by atoms with Gasteiger partial charge in [0.15, 0.2) is 0 Å². The topological polar surface area (TPSA) is 21.3 Å². The van der Waals surface area contributed by atoms with Crippen molar-refractivity contribution >= 4 is 0 Å². The summed E-state index contributed by atoms with van der Waals surface area (Å²) in [6.45, 7) is 7.56. The van der Waals surface area contributed by atoms with Crippen LogP contribution in [0.3, 0.4) is 0 Å². The predicted molar refractivity (Wildman–Crippen MR) is 78.5 cm³/mol. The van der Waals surface area contributed by atoms with Gasteiger partial charge in [0.05, 0.1) is 0 Å². The summed E-state index contributed by atoms with van der Waals surface area (Å²) in [5.41, 5.74) is 2.65. The Bertz CT molecular complexity index is 466. The maximum atomic E-state index is 6.11. The van der Waals surface area contributed by atoms with Crippen LogP contribution in [0.5, 0.6) is 5.75 Å². The van der Waals surface area contributed by atoms with Crippen molar-refractivity contribution < 1.29 is 4.74 Å². The van der Waals surface area contributed by atoms with Gasteiger partial charge >= 0.3 is 0 Å². The van der Waals surface area contributed by atoms with Crippen LogP contribution in [0.1, 0.15) is 51.2 Å². The standard InChI is InChI=1S/C17H25NO/c1-4-6-12-9-15(12)18-11-14-8-5-7-13-10-17(2,3)19-16(13)14/h5,7-8,12,15,18H,4,6,9-11H2,1-3H3. The van der Waals surface area contributed by atoms with Crippen LogP contribution >= 0.6 is 0 Å². The number of para-hydroxylation sites is 1. The molecule has 0 radical (unpaired) electrons. The van der Waals surface area contributed by atoms with Gasteiger partial charge in [-0.2, -0.15) is 0 Å². The highest BCUT2D eigenvalue weighted by Crippen LogP contribution is 2.39. The van der Waals surface area contributed by atoms with Gasteiger partial charge in [-0.15, -0.1) is 0 Å². The molecule has 104 valence electrons. The highest BCUT2D eigenvalue weighted by Gasteiger charge is 2.36. The molecule has 2 heteroatoms. The molecular formula is C17H25NO. The second-order valence-electron chi connectivity index (χ2n) is 6.72. The van der Waals surface area contributed by atoms with Crippen LogP contribution in [-0.4, -0.2) is 11.6 Å². The monoisotopic (exact) mass is 259 g/mol. The number of ether oxygens (including phenoxy) is 1. The number of hydrogen-bond acceptors (Lipinski definition) is 2. The molecule has 19 heavy (non-hydrogen) atoms. The Labute approximate surface area is 116 Å². The zero-order valence-corrected chi connectivity index (χ0v) is 12.3. The molecule has 1 saturated carbocycles. The van der Waals surface area contributed by atoms with Crippen molar-refractivity contribution in [2.45, 2.75) is 64.6 Å². The molecule has 2 aliphatic rings. The maximum absolute atomic E-state index is 6.11. The van der Waals surface area contributed by atoms with Crippen molar-refractivity contribution in [3.63, 3.8) is 0 Å². The van der Waals surface area contributed by atoms with Crippen LogP contribution < -0.4 is 10.1 Å². The lowest BCUT2D eigenvalue weighted by molar-refractivity contribution is 0.137. The van der Waals surface area contributed by atoms with Crippen molar-refractivity contribution in [2.24, 2.45) is 5.92 Å². The number of hydrogen-bond donors (Lipinski definition) is 1. The Morgan fingerprint density at radius 3 is 3.00 bits per heavy atom. The van der Waals surface area contributed by atoms with Crippen molar-refractivity contribution in [3.8, 4) is 5.75 Å². The van der Waals surface area contributed by atoms with E-state index in [0.29, 0.717) is 0 Å². The third-order valence-corrected chi connectivity index (χ3v) is 4.31. The van der Waals surface area contributed by atoms with Crippen LogP contribution in [0.25, 0.3) is 0 Å². The van der Waals surface area contributed by atoms with E-state index in [1.54, 1.807) is 0 Å². The van der Waals surface area contributed by atoms with E-state index in [1.807, 2.05) is 0 Å². The van der Waals surface area contributed by atoms with Gasteiger partial charge in [0.25, 0.3) is 0 Å². The summed E-state index contributed by atoms with van der Waals surface area (Å²) >= 11 is 0. The molecule has 1 N–H and O–H groups in total. The summed E-state index contributed by atoms with van der Waals surface area (Å²) in [5, 5.41) is 3.68. The number of fused-ring (bicyclic) bond motifs is 1. The molecule has 1 aromatic carbocycles. The molecule has 0 bridgehead atoms. The van der Waals surface area contributed by atoms with Crippen molar-refractivity contribution in [1.82, 2.24) is 5.32 Å². The Morgan fingerprint density at radius 2 is 2.21 bits per heavy atom. The molecule has 0 saturated heterocycles. The third-order valence-electron chi connectivity index (χ3n) is 4.31. The first-order valence-corrected chi connectivity index (χ1v) is 7.62. The van der Waals surface area contributed by atoms with Gasteiger partial charge in [-0.3, -0.25) is 0 Å². The molecule has 1 aromatic rings. The van der Waals surface area contributed by atoms with E-state index < -0.39 is 0 Å². The number of benzene rings is 1. The first-order chi connectivity index (χ1) is 9.09. The Balaban J connectivity index is 1.63. The van der Waals surface area contributed by atoms with Crippen molar-refractivity contribution in [3.05, 3.63) is 29.3 Å². The van der Waals surface area contributed by atoms with Crippen LogP contribution in [0.4, 0.5) is 0 Å². The van der Waals surface area contributed by atoms with Gasteiger partial charge in [0.1, 0.15) is 11.4 Å². The fourth-order valence-corrected chi connectivity index (χ4v) is 3.25. The van der Waals surface area contributed by atoms with Crippen LogP contribution in [0.2, 0.25) is 0 Å². The molecule has 1 aliphatic carbocycles. The molecule has 2 nitrogen and oxygen atoms in total. The van der Waals surface area contributed by atoms with Crippen LogP contribution in [0.15, 0.2) is 18.2 Å². The molecule has 3 rings (SSSR count). The molecule has 0 aromatic heterocycles. The number of nitrogens with one attached hydrogen (secondary N) is 1. The zero-order chi connectivity index (χ0) is 13.5. The second-order valence-corrected chi connectivity index (χ2v) is 6.72. The minimum absolute atomic E-state index is 0.0389. The lowest BCUT2D eigenvalue weighted by atomic mass is 10.0. The SMILES string of the molecule is CCCC1CC1NCc1cccc2c1OC(C)(C)C2. The van der Waals surface area contributed by atoms with E-state index in [4.69, 9.17) is 4.74 Å². The predicted octanol–water partition coefficient (Wildman–Crippen LogP) is 3.68. The Morgan fingerprint density at radius 1 is 1.37 bits per heavy atom. The first-order valence-electron chi connectivity index (χ1n) is 7.62. The minimum Gasteiger partial charge on any atom is -0.487 e. The summed E-state index contributed by atoms with van der Waals surface area (Å²) in [4.78, 5) is 0. The quantitative estimate of drug-likeness (QED) is 0.871. The van der Waals surface area contributed by atoms with Gasteiger partial charge in [-0.25, -0.2) is 0 Å². The molecule has 1 fully saturated rings. The Hall–Kier alpha value is -1.02. The van der Waals surface area contributed by atoms with Crippen LogP contribution in [-0.2, 0) is 13.0 Å². The van der Waals surface area contributed by atoms with Gasteiger partial charge in [0, 0.05) is 24.6 Å². The van der Waals surface area contributed by atoms with E-state index in [1.165, 1.54) is 30.4 Å². The first kappa shape index (κ1) is 13.0. The van der Waals surface area contributed by atoms with Crippen LogP contribution in [0, 0.1) is 5.92 Å². The maximum Gasteiger partial charge on any atom is 0.127 e. The fraction of sp³-hybridized carbons (Fsp3) is 0.647. The van der Waals surface area contributed by atoms with Gasteiger partial charge in [0.2, 0.25) is 0 Å². The minimum atomic E-state index is -0.0389. The summed E-state index contributed by atoms with van der Waals surface area (Å²) in [7, 11) is 0.